The zero-order chi connectivity index (χ0) is 22.8. The summed E-state index contributed by atoms with van der Waals surface area (Å²) in [5.41, 5.74) is 3.12. The van der Waals surface area contributed by atoms with Crippen LogP contribution in [0.4, 0.5) is 5.69 Å². The Bertz CT molecular complexity index is 1340. The number of amides is 1. The summed E-state index contributed by atoms with van der Waals surface area (Å²) in [6, 6.07) is 16.5. The third kappa shape index (κ3) is 3.93. The van der Waals surface area contributed by atoms with Crippen molar-refractivity contribution in [3.05, 3.63) is 76.3 Å². The fourth-order valence-corrected chi connectivity index (χ4v) is 4.27. The molecule has 1 atom stereocenters. The molecule has 4 aromatic rings. The van der Waals surface area contributed by atoms with Gasteiger partial charge in [0.2, 0.25) is 5.91 Å². The Morgan fingerprint density at radius 2 is 1.84 bits per heavy atom. The lowest BCUT2D eigenvalue weighted by Crippen LogP contribution is -2.35. The molecule has 2 aromatic heterocycles. The first-order valence-corrected chi connectivity index (χ1v) is 11.7. The number of carbonyl (C=O) groups excluding carboxylic acids is 1. The quantitative estimate of drug-likeness (QED) is 0.440. The number of carbonyl (C=O) groups is 1. The third-order valence-corrected chi connectivity index (χ3v) is 6.19. The molecule has 0 fully saturated rings. The van der Waals surface area contributed by atoms with Crippen molar-refractivity contribution in [2.75, 3.05) is 11.6 Å². The van der Waals surface area contributed by atoms with E-state index in [-0.39, 0.29) is 11.5 Å². The van der Waals surface area contributed by atoms with Crippen molar-refractivity contribution < 1.29 is 4.79 Å². The summed E-state index contributed by atoms with van der Waals surface area (Å²) in [4.78, 5) is 27.6. The highest BCUT2D eigenvalue weighted by Crippen LogP contribution is 2.23. The number of fused-ring (bicyclic) bond motifs is 1. The van der Waals surface area contributed by atoms with Crippen molar-refractivity contribution in [2.45, 2.75) is 38.1 Å². The summed E-state index contributed by atoms with van der Waals surface area (Å²) >= 11 is 1.60. The lowest BCUT2D eigenvalue weighted by Gasteiger charge is -2.17. The number of anilines is 1. The molecule has 8 heteroatoms. The smallest absolute Gasteiger partial charge is 0.278 e. The Morgan fingerprint density at radius 3 is 2.53 bits per heavy atom. The second kappa shape index (κ2) is 9.00. The van der Waals surface area contributed by atoms with Crippen LogP contribution < -0.4 is 10.9 Å². The molecule has 2 aromatic carbocycles. The topological polar surface area (TPSA) is 81.8 Å². The third-order valence-electron chi connectivity index (χ3n) is 5.46. The molecular formula is C24H25N5O2S. The Morgan fingerprint density at radius 1 is 1.09 bits per heavy atom. The molecule has 164 valence electrons. The predicted molar refractivity (Wildman–Crippen MR) is 129 cm³/mol. The van der Waals surface area contributed by atoms with Crippen molar-refractivity contribution in [2.24, 2.45) is 0 Å². The van der Waals surface area contributed by atoms with E-state index in [9.17, 15) is 9.59 Å². The van der Waals surface area contributed by atoms with Gasteiger partial charge in [-0.05, 0) is 56.9 Å². The lowest BCUT2D eigenvalue weighted by molar-refractivity contribution is -0.119. The molecule has 0 spiro atoms. The molecule has 0 aliphatic carbocycles. The van der Waals surface area contributed by atoms with Crippen LogP contribution >= 0.6 is 11.8 Å². The molecule has 0 radical (unpaired) electrons. The zero-order valence-electron chi connectivity index (χ0n) is 18.5. The molecule has 32 heavy (non-hydrogen) atoms. The maximum absolute atomic E-state index is 13.5. The summed E-state index contributed by atoms with van der Waals surface area (Å²) in [5.74, 6) is -0.271. The van der Waals surface area contributed by atoms with Crippen LogP contribution in [-0.4, -0.2) is 31.7 Å². The predicted octanol–water partition coefficient (Wildman–Crippen LogP) is 4.51. The maximum Gasteiger partial charge on any atom is 0.278 e. The van der Waals surface area contributed by atoms with Gasteiger partial charge in [-0.15, -0.1) is 11.8 Å². The second-order valence-corrected chi connectivity index (χ2v) is 8.42. The highest BCUT2D eigenvalue weighted by molar-refractivity contribution is 7.98. The Kier molecular flexibility index (Phi) is 6.14. The molecule has 0 aliphatic rings. The number of rotatable bonds is 6. The Labute approximate surface area is 190 Å². The molecule has 0 saturated heterocycles. The number of hydrogen-bond donors (Lipinski definition) is 1. The summed E-state index contributed by atoms with van der Waals surface area (Å²) in [7, 11) is 0. The lowest BCUT2D eigenvalue weighted by atomic mass is 10.2. The van der Waals surface area contributed by atoms with Gasteiger partial charge in [0.1, 0.15) is 11.6 Å². The van der Waals surface area contributed by atoms with E-state index in [0.717, 1.165) is 16.3 Å². The van der Waals surface area contributed by atoms with E-state index in [2.05, 4.69) is 15.5 Å². The van der Waals surface area contributed by atoms with Crippen LogP contribution in [0.15, 0.2) is 64.3 Å². The van der Waals surface area contributed by atoms with Crippen LogP contribution in [0.5, 0.6) is 0 Å². The number of benzene rings is 2. The zero-order valence-corrected chi connectivity index (χ0v) is 19.3. The normalized spacial score (nSPS) is 12.1. The second-order valence-electron chi connectivity index (χ2n) is 7.54. The first-order valence-electron chi connectivity index (χ1n) is 10.4. The largest absolute Gasteiger partial charge is 0.324 e. The van der Waals surface area contributed by atoms with Crippen LogP contribution in [0.25, 0.3) is 16.6 Å². The molecule has 0 aliphatic heterocycles. The van der Waals surface area contributed by atoms with Crippen LogP contribution in [-0.2, 0) is 4.79 Å². The van der Waals surface area contributed by atoms with Gasteiger partial charge < -0.3 is 5.32 Å². The maximum atomic E-state index is 13.5. The number of nitrogens with one attached hydrogen (secondary N) is 1. The van der Waals surface area contributed by atoms with Crippen molar-refractivity contribution in [3.63, 3.8) is 0 Å². The molecule has 0 unspecified atom stereocenters. The average Bonchev–Trinajstić information content (AvgIpc) is 3.16. The fourth-order valence-electron chi connectivity index (χ4n) is 3.81. The van der Waals surface area contributed by atoms with Crippen molar-refractivity contribution >= 4 is 34.3 Å². The Balaban J connectivity index is 1.77. The van der Waals surface area contributed by atoms with Crippen LogP contribution in [0, 0.1) is 13.8 Å². The van der Waals surface area contributed by atoms with E-state index in [1.807, 2.05) is 81.6 Å². The first kappa shape index (κ1) is 21.8. The van der Waals surface area contributed by atoms with Crippen molar-refractivity contribution in [3.8, 4) is 5.69 Å². The first-order chi connectivity index (χ1) is 15.4. The highest BCUT2D eigenvalue weighted by Gasteiger charge is 2.25. The summed E-state index contributed by atoms with van der Waals surface area (Å²) in [6.07, 6.45) is 2.41. The van der Waals surface area contributed by atoms with Gasteiger partial charge in [0.25, 0.3) is 5.56 Å². The Hall–Kier alpha value is -3.39. The number of nitrogens with zero attached hydrogens (tertiary/aromatic N) is 4. The number of aryl methyl sites for hydroxylation is 2. The van der Waals surface area contributed by atoms with E-state index < -0.39 is 6.04 Å². The van der Waals surface area contributed by atoms with Crippen LogP contribution in [0.1, 0.15) is 30.8 Å². The van der Waals surface area contributed by atoms with Gasteiger partial charge in [-0.3, -0.25) is 9.59 Å². The molecule has 4 rings (SSSR count). The monoisotopic (exact) mass is 447 g/mol. The van der Waals surface area contributed by atoms with Gasteiger partial charge in [-0.25, -0.2) is 9.36 Å². The molecule has 1 amide bonds. The van der Waals surface area contributed by atoms with Gasteiger partial charge in [0.15, 0.2) is 0 Å². The summed E-state index contributed by atoms with van der Waals surface area (Å²) in [6.45, 7) is 5.55. The van der Waals surface area contributed by atoms with Gasteiger partial charge >= 0.3 is 0 Å². The molecule has 7 nitrogen and oxygen atoms in total. The van der Waals surface area contributed by atoms with Crippen molar-refractivity contribution in [1.29, 1.82) is 0 Å². The van der Waals surface area contributed by atoms with Crippen LogP contribution in [0.3, 0.4) is 0 Å². The minimum Gasteiger partial charge on any atom is -0.324 e. The van der Waals surface area contributed by atoms with Crippen molar-refractivity contribution in [1.82, 2.24) is 19.6 Å². The van der Waals surface area contributed by atoms with E-state index >= 15 is 0 Å². The van der Waals surface area contributed by atoms with E-state index in [4.69, 9.17) is 0 Å². The fraction of sp³-hybridized carbons (Fsp3) is 0.250. The number of aromatic nitrogens is 4. The average molecular weight is 448 g/mol. The van der Waals surface area contributed by atoms with Crippen LogP contribution in [0.2, 0.25) is 0 Å². The minimum absolute atomic E-state index is 0.271. The van der Waals surface area contributed by atoms with E-state index in [1.165, 1.54) is 4.68 Å². The standard InChI is InChI=1S/C24H25N5O2S/c1-5-20(23(30)25-17-10-9-13-19(14-17)32-4)29-24(31)21-16(3)28(18-11-7-6-8-12-18)27-22(21)15(2)26-29/h6-14,20H,5H2,1-4H3,(H,25,30)/t20-/m0/s1. The molecule has 2 heterocycles. The van der Waals surface area contributed by atoms with E-state index in [0.29, 0.717) is 28.7 Å². The summed E-state index contributed by atoms with van der Waals surface area (Å²) < 4.78 is 3.05. The van der Waals surface area contributed by atoms with Gasteiger partial charge in [-0.1, -0.05) is 31.2 Å². The molecule has 0 saturated carbocycles. The number of thioether (sulfide) groups is 1. The number of para-hydroxylation sites is 1. The minimum atomic E-state index is -0.733. The number of hydrogen-bond acceptors (Lipinski definition) is 5. The molecular weight excluding hydrogens is 422 g/mol. The van der Waals surface area contributed by atoms with Gasteiger partial charge in [0, 0.05) is 10.6 Å². The molecule has 0 bridgehead atoms. The summed E-state index contributed by atoms with van der Waals surface area (Å²) in [5, 5.41) is 12.5. The molecule has 1 N–H and O–H groups in total. The highest BCUT2D eigenvalue weighted by atomic mass is 32.2. The SMILES string of the molecule is CC[C@@H](C(=O)Nc1cccc(SC)c1)n1nc(C)c2nn(-c3ccccc3)c(C)c2c1=O. The van der Waals surface area contributed by atoms with Gasteiger partial charge in [-0.2, -0.15) is 10.2 Å². The van der Waals surface area contributed by atoms with E-state index in [1.54, 1.807) is 16.4 Å². The van der Waals surface area contributed by atoms with Gasteiger partial charge in [0.05, 0.1) is 22.5 Å².